The molecular formula is C13H20N2O3. The van der Waals surface area contributed by atoms with E-state index in [0.29, 0.717) is 5.69 Å². The minimum absolute atomic E-state index is 0.145. The van der Waals surface area contributed by atoms with E-state index in [1.54, 1.807) is 52.2 Å². The standard InChI is InChI=1S/C13H20N2O3/c1-13(2,3)18-12(17)15(4)9-11(16)10-7-5-6-8-14-10/h5-8,11,16H,9H2,1-4H3. The summed E-state index contributed by atoms with van der Waals surface area (Å²) >= 11 is 0. The number of ether oxygens (including phenoxy) is 1. The minimum atomic E-state index is -0.816. The molecule has 0 saturated heterocycles. The van der Waals surface area contributed by atoms with Crippen LogP contribution in [0.3, 0.4) is 0 Å². The van der Waals surface area contributed by atoms with Crippen LogP contribution < -0.4 is 0 Å². The zero-order valence-electron chi connectivity index (χ0n) is 11.3. The fourth-order valence-corrected chi connectivity index (χ4v) is 1.34. The summed E-state index contributed by atoms with van der Waals surface area (Å²) in [6, 6.07) is 5.28. The summed E-state index contributed by atoms with van der Waals surface area (Å²) in [6.07, 6.45) is 0.327. The van der Waals surface area contributed by atoms with Gasteiger partial charge in [-0.1, -0.05) is 6.07 Å². The maximum atomic E-state index is 11.7. The predicted octanol–water partition coefficient (Wildman–Crippen LogP) is 1.98. The fourth-order valence-electron chi connectivity index (χ4n) is 1.34. The SMILES string of the molecule is CN(CC(O)c1ccccn1)C(=O)OC(C)(C)C. The fraction of sp³-hybridized carbons (Fsp3) is 0.538. The zero-order chi connectivity index (χ0) is 13.8. The lowest BCUT2D eigenvalue weighted by atomic mass is 10.2. The topological polar surface area (TPSA) is 62.7 Å². The monoisotopic (exact) mass is 252 g/mol. The maximum Gasteiger partial charge on any atom is 0.410 e. The molecule has 5 heteroatoms. The number of hydrogen-bond donors (Lipinski definition) is 1. The molecule has 1 rings (SSSR count). The van der Waals surface area contributed by atoms with Gasteiger partial charge in [0.2, 0.25) is 0 Å². The van der Waals surface area contributed by atoms with Crippen LogP contribution in [0.2, 0.25) is 0 Å². The largest absolute Gasteiger partial charge is 0.444 e. The van der Waals surface area contributed by atoms with Crippen molar-refractivity contribution in [1.29, 1.82) is 0 Å². The van der Waals surface area contributed by atoms with E-state index in [2.05, 4.69) is 4.98 Å². The second-order valence-corrected chi connectivity index (χ2v) is 5.13. The molecule has 1 heterocycles. The Morgan fingerprint density at radius 1 is 1.50 bits per heavy atom. The van der Waals surface area contributed by atoms with Gasteiger partial charge < -0.3 is 14.7 Å². The Morgan fingerprint density at radius 3 is 2.67 bits per heavy atom. The third-order valence-electron chi connectivity index (χ3n) is 2.18. The Balaban J connectivity index is 2.55. The number of carbonyl (C=O) groups is 1. The van der Waals surface area contributed by atoms with Crippen molar-refractivity contribution in [3.05, 3.63) is 30.1 Å². The molecule has 0 fully saturated rings. The highest BCUT2D eigenvalue weighted by Crippen LogP contribution is 2.13. The van der Waals surface area contributed by atoms with E-state index in [0.717, 1.165) is 0 Å². The molecular weight excluding hydrogens is 232 g/mol. The third-order valence-corrected chi connectivity index (χ3v) is 2.18. The predicted molar refractivity (Wildman–Crippen MR) is 68.1 cm³/mol. The van der Waals surface area contributed by atoms with E-state index < -0.39 is 17.8 Å². The summed E-state index contributed by atoms with van der Waals surface area (Å²) in [6.45, 7) is 5.54. The Bertz CT molecular complexity index is 387. The van der Waals surface area contributed by atoms with Crippen molar-refractivity contribution >= 4 is 6.09 Å². The first-order chi connectivity index (χ1) is 8.29. The average Bonchev–Trinajstić information content (AvgIpc) is 2.27. The van der Waals surface area contributed by atoms with Gasteiger partial charge in [-0.25, -0.2) is 4.79 Å². The smallest absolute Gasteiger partial charge is 0.410 e. The van der Waals surface area contributed by atoms with Crippen LogP contribution in [0.5, 0.6) is 0 Å². The first-order valence-electron chi connectivity index (χ1n) is 5.83. The van der Waals surface area contributed by atoms with Gasteiger partial charge in [0.25, 0.3) is 0 Å². The molecule has 0 aliphatic heterocycles. The second-order valence-electron chi connectivity index (χ2n) is 5.13. The Labute approximate surface area is 107 Å². The van der Waals surface area contributed by atoms with E-state index in [4.69, 9.17) is 4.74 Å². The summed E-state index contributed by atoms with van der Waals surface area (Å²) in [4.78, 5) is 17.1. The number of nitrogens with zero attached hydrogens (tertiary/aromatic N) is 2. The molecule has 100 valence electrons. The van der Waals surface area contributed by atoms with E-state index in [9.17, 15) is 9.90 Å². The van der Waals surface area contributed by atoms with E-state index in [1.165, 1.54) is 4.90 Å². The summed E-state index contributed by atoms with van der Waals surface area (Å²) < 4.78 is 5.19. The molecule has 0 aliphatic rings. The van der Waals surface area contributed by atoms with Crippen LogP contribution in [-0.2, 0) is 4.74 Å². The molecule has 18 heavy (non-hydrogen) atoms. The number of aromatic nitrogens is 1. The number of hydrogen-bond acceptors (Lipinski definition) is 4. The van der Waals surface area contributed by atoms with Crippen molar-refractivity contribution in [3.8, 4) is 0 Å². The number of pyridine rings is 1. The molecule has 1 unspecified atom stereocenters. The molecule has 1 aromatic heterocycles. The van der Waals surface area contributed by atoms with Crippen molar-refractivity contribution < 1.29 is 14.6 Å². The van der Waals surface area contributed by atoms with Crippen molar-refractivity contribution in [3.63, 3.8) is 0 Å². The van der Waals surface area contributed by atoms with Gasteiger partial charge >= 0.3 is 6.09 Å². The Kier molecular flexibility index (Phi) is 4.67. The van der Waals surface area contributed by atoms with E-state index in [-0.39, 0.29) is 6.54 Å². The van der Waals surface area contributed by atoms with E-state index in [1.807, 2.05) is 0 Å². The average molecular weight is 252 g/mol. The van der Waals surface area contributed by atoms with Crippen LogP contribution >= 0.6 is 0 Å². The summed E-state index contributed by atoms with van der Waals surface area (Å²) in [5.41, 5.74) is -0.00528. The first-order valence-corrected chi connectivity index (χ1v) is 5.83. The lowest BCUT2D eigenvalue weighted by Crippen LogP contribution is -2.36. The van der Waals surface area contributed by atoms with Gasteiger partial charge in [-0.05, 0) is 32.9 Å². The molecule has 1 aromatic rings. The second kappa shape index (κ2) is 5.82. The van der Waals surface area contributed by atoms with E-state index >= 15 is 0 Å². The molecule has 0 aromatic carbocycles. The lowest BCUT2D eigenvalue weighted by Gasteiger charge is -2.25. The molecule has 1 atom stereocenters. The molecule has 0 saturated carbocycles. The number of amides is 1. The summed E-state index contributed by atoms with van der Waals surface area (Å²) in [7, 11) is 1.58. The van der Waals surface area contributed by atoms with Gasteiger partial charge in [0.1, 0.15) is 11.7 Å². The zero-order valence-corrected chi connectivity index (χ0v) is 11.3. The van der Waals surface area contributed by atoms with Gasteiger partial charge in [0, 0.05) is 13.2 Å². The van der Waals surface area contributed by atoms with Crippen LogP contribution in [0.25, 0.3) is 0 Å². The highest BCUT2D eigenvalue weighted by molar-refractivity contribution is 5.67. The molecule has 0 bridgehead atoms. The maximum absolute atomic E-state index is 11.7. The third kappa shape index (κ3) is 4.71. The summed E-state index contributed by atoms with van der Waals surface area (Å²) in [5, 5.41) is 9.93. The minimum Gasteiger partial charge on any atom is -0.444 e. The molecule has 0 aliphatic carbocycles. The molecule has 0 radical (unpaired) electrons. The number of rotatable bonds is 3. The molecule has 1 amide bonds. The van der Waals surface area contributed by atoms with Gasteiger partial charge in [-0.3, -0.25) is 4.98 Å². The highest BCUT2D eigenvalue weighted by atomic mass is 16.6. The molecule has 1 N–H and O–H groups in total. The summed E-state index contributed by atoms with van der Waals surface area (Å²) in [5.74, 6) is 0. The Hall–Kier alpha value is -1.62. The van der Waals surface area contributed by atoms with Crippen molar-refractivity contribution in [2.24, 2.45) is 0 Å². The number of aliphatic hydroxyl groups excluding tert-OH is 1. The van der Waals surface area contributed by atoms with Crippen molar-refractivity contribution in [1.82, 2.24) is 9.88 Å². The first kappa shape index (κ1) is 14.4. The van der Waals surface area contributed by atoms with Gasteiger partial charge in [-0.2, -0.15) is 0 Å². The van der Waals surface area contributed by atoms with Crippen LogP contribution in [0, 0.1) is 0 Å². The molecule has 5 nitrogen and oxygen atoms in total. The normalized spacial score (nSPS) is 12.9. The lowest BCUT2D eigenvalue weighted by molar-refractivity contribution is 0.0201. The van der Waals surface area contributed by atoms with Gasteiger partial charge in [0.05, 0.1) is 12.2 Å². The van der Waals surface area contributed by atoms with Crippen LogP contribution in [0.15, 0.2) is 24.4 Å². The van der Waals surface area contributed by atoms with Crippen molar-refractivity contribution in [2.45, 2.75) is 32.5 Å². The molecule has 0 spiro atoms. The Morgan fingerprint density at radius 2 is 2.17 bits per heavy atom. The number of aliphatic hydroxyl groups is 1. The van der Waals surface area contributed by atoms with Gasteiger partial charge in [-0.15, -0.1) is 0 Å². The van der Waals surface area contributed by atoms with Crippen molar-refractivity contribution in [2.75, 3.05) is 13.6 Å². The van der Waals surface area contributed by atoms with Gasteiger partial charge in [0.15, 0.2) is 0 Å². The highest BCUT2D eigenvalue weighted by Gasteiger charge is 2.22. The number of carbonyl (C=O) groups excluding carboxylic acids is 1. The quantitative estimate of drug-likeness (QED) is 0.893. The van der Waals surface area contributed by atoms with Crippen LogP contribution in [0.4, 0.5) is 4.79 Å². The number of likely N-dealkylation sites (N-methyl/N-ethyl adjacent to an activating group) is 1. The van der Waals surface area contributed by atoms with Crippen LogP contribution in [-0.4, -0.2) is 40.3 Å². The van der Waals surface area contributed by atoms with Crippen LogP contribution in [0.1, 0.15) is 32.6 Å².